The Bertz CT molecular complexity index is 283. The lowest BCUT2D eigenvalue weighted by atomic mass is 9.90. The Morgan fingerprint density at radius 1 is 1.57 bits per heavy atom. The molecule has 0 aliphatic carbocycles. The highest BCUT2D eigenvalue weighted by atomic mass is 35.5. The summed E-state index contributed by atoms with van der Waals surface area (Å²) in [4.78, 5) is 4.35. The van der Waals surface area contributed by atoms with Gasteiger partial charge in [-0.1, -0.05) is 13.8 Å². The number of hydrogen-bond donors (Lipinski definition) is 1. The molecule has 0 radical (unpaired) electrons. The summed E-state index contributed by atoms with van der Waals surface area (Å²) in [6.45, 7) is 7.35. The van der Waals surface area contributed by atoms with E-state index in [1.54, 1.807) is 11.3 Å². The molecular formula is C10H17ClN2S. The van der Waals surface area contributed by atoms with Gasteiger partial charge < -0.3 is 5.32 Å². The SMILES string of the molecule is Cc1csc(NCC(C)(C)CCCl)n1. The molecule has 0 bridgehead atoms. The number of halogens is 1. The van der Waals surface area contributed by atoms with Crippen molar-refractivity contribution in [2.24, 2.45) is 5.41 Å². The van der Waals surface area contributed by atoms with Crippen LogP contribution in [0, 0.1) is 12.3 Å². The zero-order valence-corrected chi connectivity index (χ0v) is 10.5. The molecule has 80 valence electrons. The van der Waals surface area contributed by atoms with Gasteiger partial charge in [0, 0.05) is 17.8 Å². The predicted molar refractivity (Wildman–Crippen MR) is 64.5 cm³/mol. The average molecular weight is 233 g/mol. The quantitative estimate of drug-likeness (QED) is 0.786. The van der Waals surface area contributed by atoms with Crippen LogP contribution in [0.5, 0.6) is 0 Å². The third-order valence-corrected chi connectivity index (χ3v) is 3.22. The van der Waals surface area contributed by atoms with Crippen LogP contribution >= 0.6 is 22.9 Å². The molecule has 0 aliphatic heterocycles. The fraction of sp³-hybridized carbons (Fsp3) is 0.700. The van der Waals surface area contributed by atoms with Crippen molar-refractivity contribution >= 4 is 28.1 Å². The normalized spacial score (nSPS) is 11.7. The van der Waals surface area contributed by atoms with Crippen molar-refractivity contribution in [3.05, 3.63) is 11.1 Å². The van der Waals surface area contributed by atoms with Crippen molar-refractivity contribution in [1.29, 1.82) is 0 Å². The maximum Gasteiger partial charge on any atom is 0.182 e. The van der Waals surface area contributed by atoms with Gasteiger partial charge in [0.2, 0.25) is 0 Å². The van der Waals surface area contributed by atoms with E-state index >= 15 is 0 Å². The Morgan fingerprint density at radius 3 is 2.79 bits per heavy atom. The number of hydrogen-bond acceptors (Lipinski definition) is 3. The van der Waals surface area contributed by atoms with Gasteiger partial charge in [-0.2, -0.15) is 0 Å². The van der Waals surface area contributed by atoms with Gasteiger partial charge >= 0.3 is 0 Å². The van der Waals surface area contributed by atoms with Crippen LogP contribution in [0.25, 0.3) is 0 Å². The van der Waals surface area contributed by atoms with Crippen LogP contribution in [0.15, 0.2) is 5.38 Å². The summed E-state index contributed by atoms with van der Waals surface area (Å²) in [6, 6.07) is 0. The van der Waals surface area contributed by atoms with Gasteiger partial charge in [-0.15, -0.1) is 22.9 Å². The molecule has 0 saturated heterocycles. The molecule has 0 saturated carbocycles. The second-order valence-electron chi connectivity index (χ2n) is 4.25. The van der Waals surface area contributed by atoms with E-state index < -0.39 is 0 Å². The predicted octanol–water partition coefficient (Wildman–Crippen LogP) is 3.52. The Labute approximate surface area is 94.7 Å². The van der Waals surface area contributed by atoms with Gasteiger partial charge in [-0.3, -0.25) is 0 Å². The molecule has 1 aromatic rings. The first-order valence-electron chi connectivity index (χ1n) is 4.75. The topological polar surface area (TPSA) is 24.9 Å². The van der Waals surface area contributed by atoms with Gasteiger partial charge in [-0.25, -0.2) is 4.98 Å². The minimum Gasteiger partial charge on any atom is -0.361 e. The number of aryl methyl sites for hydroxylation is 1. The number of aromatic nitrogens is 1. The first kappa shape index (κ1) is 11.8. The molecule has 4 heteroatoms. The first-order valence-corrected chi connectivity index (χ1v) is 6.17. The molecule has 0 aliphatic rings. The van der Waals surface area contributed by atoms with E-state index in [-0.39, 0.29) is 5.41 Å². The maximum atomic E-state index is 5.73. The molecule has 2 nitrogen and oxygen atoms in total. The summed E-state index contributed by atoms with van der Waals surface area (Å²) in [5, 5.41) is 6.40. The van der Waals surface area contributed by atoms with Crippen LogP contribution in [0.1, 0.15) is 26.0 Å². The number of alkyl halides is 1. The number of nitrogens with zero attached hydrogens (tertiary/aromatic N) is 1. The van der Waals surface area contributed by atoms with Crippen LogP contribution in [0.3, 0.4) is 0 Å². The highest BCUT2D eigenvalue weighted by Gasteiger charge is 2.16. The largest absolute Gasteiger partial charge is 0.361 e. The van der Waals surface area contributed by atoms with Gasteiger partial charge in [0.1, 0.15) is 0 Å². The van der Waals surface area contributed by atoms with Gasteiger partial charge in [0.15, 0.2) is 5.13 Å². The van der Waals surface area contributed by atoms with E-state index in [9.17, 15) is 0 Å². The first-order chi connectivity index (χ1) is 6.53. The third kappa shape index (κ3) is 3.84. The molecule has 0 atom stereocenters. The molecule has 0 spiro atoms. The smallest absolute Gasteiger partial charge is 0.182 e. The highest BCUT2D eigenvalue weighted by Crippen LogP contribution is 2.23. The molecule has 1 heterocycles. The summed E-state index contributed by atoms with van der Waals surface area (Å²) in [5.74, 6) is 0.714. The van der Waals surface area contributed by atoms with E-state index in [0.717, 1.165) is 23.8 Å². The molecule has 1 rings (SSSR count). The minimum atomic E-state index is 0.237. The van der Waals surface area contributed by atoms with Gasteiger partial charge in [0.05, 0.1) is 5.69 Å². The summed E-state index contributed by atoms with van der Waals surface area (Å²) in [7, 11) is 0. The van der Waals surface area contributed by atoms with Crippen LogP contribution in [0.4, 0.5) is 5.13 Å². The zero-order chi connectivity index (χ0) is 10.6. The molecule has 1 aromatic heterocycles. The molecule has 0 amide bonds. The zero-order valence-electron chi connectivity index (χ0n) is 8.93. The fourth-order valence-electron chi connectivity index (χ4n) is 1.09. The third-order valence-electron chi connectivity index (χ3n) is 2.11. The van der Waals surface area contributed by atoms with Crippen molar-refractivity contribution in [3.63, 3.8) is 0 Å². The highest BCUT2D eigenvalue weighted by molar-refractivity contribution is 7.13. The lowest BCUT2D eigenvalue weighted by molar-refractivity contribution is 0.379. The van der Waals surface area contributed by atoms with Crippen molar-refractivity contribution in [3.8, 4) is 0 Å². The van der Waals surface area contributed by atoms with Crippen LogP contribution in [0.2, 0.25) is 0 Å². The monoisotopic (exact) mass is 232 g/mol. The lowest BCUT2D eigenvalue weighted by Gasteiger charge is -2.23. The Morgan fingerprint density at radius 2 is 2.29 bits per heavy atom. The Balaban J connectivity index is 2.40. The van der Waals surface area contributed by atoms with E-state index in [4.69, 9.17) is 11.6 Å². The van der Waals surface area contributed by atoms with E-state index in [1.165, 1.54) is 0 Å². The van der Waals surface area contributed by atoms with Crippen molar-refractivity contribution < 1.29 is 0 Å². The lowest BCUT2D eigenvalue weighted by Crippen LogP contribution is -2.23. The molecule has 14 heavy (non-hydrogen) atoms. The number of rotatable bonds is 5. The molecule has 1 N–H and O–H groups in total. The molecular weight excluding hydrogens is 216 g/mol. The molecule has 0 unspecified atom stereocenters. The van der Waals surface area contributed by atoms with Gasteiger partial charge in [0.25, 0.3) is 0 Å². The van der Waals surface area contributed by atoms with E-state index in [0.29, 0.717) is 5.88 Å². The summed E-state index contributed by atoms with van der Waals surface area (Å²) in [5.41, 5.74) is 1.31. The van der Waals surface area contributed by atoms with E-state index in [2.05, 4.69) is 29.5 Å². The second kappa shape index (κ2) is 4.99. The van der Waals surface area contributed by atoms with Crippen LogP contribution in [-0.2, 0) is 0 Å². The fourth-order valence-corrected chi connectivity index (χ4v) is 2.29. The second-order valence-corrected chi connectivity index (χ2v) is 5.49. The molecule has 0 fully saturated rings. The number of anilines is 1. The number of nitrogens with one attached hydrogen (secondary N) is 1. The summed E-state index contributed by atoms with van der Waals surface area (Å²) < 4.78 is 0. The summed E-state index contributed by atoms with van der Waals surface area (Å²) in [6.07, 6.45) is 1.02. The molecule has 0 aromatic carbocycles. The van der Waals surface area contributed by atoms with Crippen molar-refractivity contribution in [2.45, 2.75) is 27.2 Å². The van der Waals surface area contributed by atoms with Crippen molar-refractivity contribution in [1.82, 2.24) is 4.98 Å². The number of thiazole rings is 1. The Kier molecular flexibility index (Phi) is 4.20. The summed E-state index contributed by atoms with van der Waals surface area (Å²) >= 11 is 7.38. The van der Waals surface area contributed by atoms with Gasteiger partial charge in [-0.05, 0) is 18.8 Å². The minimum absolute atomic E-state index is 0.237. The standard InChI is InChI=1S/C10H17ClN2S/c1-8-6-14-9(13-8)12-7-10(2,3)4-5-11/h6H,4-5,7H2,1-3H3,(H,12,13). The van der Waals surface area contributed by atoms with Crippen LogP contribution < -0.4 is 5.32 Å². The van der Waals surface area contributed by atoms with E-state index in [1.807, 2.05) is 6.92 Å². The average Bonchev–Trinajstić information content (AvgIpc) is 2.48. The van der Waals surface area contributed by atoms with Crippen LogP contribution in [-0.4, -0.2) is 17.4 Å². The maximum absolute atomic E-state index is 5.73. The Hall–Kier alpha value is -0.280. The van der Waals surface area contributed by atoms with Crippen molar-refractivity contribution in [2.75, 3.05) is 17.7 Å².